The number of rotatable bonds is 6. The van der Waals surface area contributed by atoms with E-state index >= 15 is 0 Å². The average molecular weight is 252 g/mol. The van der Waals surface area contributed by atoms with Crippen LogP contribution in [0.2, 0.25) is 0 Å². The normalized spacial score (nSPS) is 27.8. The van der Waals surface area contributed by atoms with Crippen molar-refractivity contribution in [3.8, 4) is 0 Å². The largest absolute Gasteiger partial charge is 0.375 e. The fourth-order valence-electron chi connectivity index (χ4n) is 3.52. The molecular weight excluding hydrogens is 224 g/mol. The summed E-state index contributed by atoms with van der Waals surface area (Å²) in [5.41, 5.74) is 0.113. The van der Waals surface area contributed by atoms with Crippen LogP contribution in [0.3, 0.4) is 0 Å². The molecule has 0 N–H and O–H groups in total. The number of ether oxygens (including phenoxy) is 1. The minimum Gasteiger partial charge on any atom is -0.375 e. The summed E-state index contributed by atoms with van der Waals surface area (Å²) in [5, 5.41) is 0. The highest BCUT2D eigenvalue weighted by Gasteiger charge is 2.44. The van der Waals surface area contributed by atoms with E-state index in [1.54, 1.807) is 0 Å². The molecule has 0 aromatic heterocycles. The summed E-state index contributed by atoms with van der Waals surface area (Å²) in [7, 11) is 0. The molecule has 1 heterocycles. The lowest BCUT2D eigenvalue weighted by Crippen LogP contribution is -2.47. The molecule has 1 aliphatic carbocycles. The molecule has 2 rings (SSSR count). The lowest BCUT2D eigenvalue weighted by Gasteiger charge is -2.47. The molecule has 0 aromatic rings. The van der Waals surface area contributed by atoms with E-state index in [1.165, 1.54) is 32.1 Å². The van der Waals surface area contributed by atoms with Gasteiger partial charge >= 0.3 is 0 Å². The maximum Gasteiger partial charge on any atom is 0.139 e. The summed E-state index contributed by atoms with van der Waals surface area (Å²) in [5.74, 6) is 1.14. The molecule has 2 unspecified atom stereocenters. The topological polar surface area (TPSA) is 26.3 Å². The van der Waals surface area contributed by atoms with E-state index in [9.17, 15) is 4.79 Å². The van der Waals surface area contributed by atoms with Crippen LogP contribution in [-0.2, 0) is 9.53 Å². The van der Waals surface area contributed by atoms with E-state index < -0.39 is 0 Å². The van der Waals surface area contributed by atoms with Crippen LogP contribution in [0, 0.1) is 11.8 Å². The Morgan fingerprint density at radius 1 is 1.39 bits per heavy atom. The molecule has 0 aromatic carbocycles. The number of carbonyl (C=O) groups is 1. The van der Waals surface area contributed by atoms with Gasteiger partial charge in [0.2, 0.25) is 0 Å². The fourth-order valence-corrected chi connectivity index (χ4v) is 3.52. The average Bonchev–Trinajstić information content (AvgIpc) is 2.37. The molecule has 104 valence electrons. The molecule has 1 saturated heterocycles. The van der Waals surface area contributed by atoms with Crippen molar-refractivity contribution in [3.05, 3.63) is 0 Å². The lowest BCUT2D eigenvalue weighted by molar-refractivity contribution is -0.158. The highest BCUT2D eigenvalue weighted by Crippen LogP contribution is 2.45. The van der Waals surface area contributed by atoms with E-state index in [1.807, 2.05) is 0 Å². The lowest BCUT2D eigenvalue weighted by atomic mass is 9.69. The summed E-state index contributed by atoms with van der Waals surface area (Å²) in [6.45, 7) is 5.17. The third kappa shape index (κ3) is 2.96. The summed E-state index contributed by atoms with van der Waals surface area (Å²) in [6, 6.07) is 0. The van der Waals surface area contributed by atoms with Gasteiger partial charge in [-0.25, -0.2) is 0 Å². The molecule has 2 aliphatic rings. The van der Waals surface area contributed by atoms with E-state index in [2.05, 4.69) is 13.8 Å². The zero-order valence-corrected chi connectivity index (χ0v) is 12.0. The van der Waals surface area contributed by atoms with Crippen molar-refractivity contribution in [2.45, 2.75) is 77.2 Å². The van der Waals surface area contributed by atoms with E-state index in [-0.39, 0.29) is 5.60 Å². The van der Waals surface area contributed by atoms with E-state index in [0.29, 0.717) is 17.6 Å². The van der Waals surface area contributed by atoms with Crippen LogP contribution in [0.15, 0.2) is 0 Å². The molecule has 1 saturated carbocycles. The molecular formula is C16H28O2. The first-order valence-corrected chi connectivity index (χ1v) is 7.88. The van der Waals surface area contributed by atoms with Gasteiger partial charge in [0.05, 0.1) is 5.60 Å². The Hall–Kier alpha value is -0.370. The minimum absolute atomic E-state index is 0.113. The Bertz CT molecular complexity index is 281. The smallest absolute Gasteiger partial charge is 0.139 e. The Morgan fingerprint density at radius 2 is 2.17 bits per heavy atom. The van der Waals surface area contributed by atoms with Crippen molar-refractivity contribution < 1.29 is 9.53 Å². The molecule has 0 amide bonds. The van der Waals surface area contributed by atoms with Crippen molar-refractivity contribution in [1.82, 2.24) is 0 Å². The molecule has 2 heteroatoms. The van der Waals surface area contributed by atoms with Crippen molar-refractivity contribution in [2.24, 2.45) is 11.8 Å². The first kappa shape index (κ1) is 14.0. The molecule has 2 atom stereocenters. The maximum absolute atomic E-state index is 12.6. The molecule has 1 spiro atoms. The predicted molar refractivity (Wildman–Crippen MR) is 73.6 cm³/mol. The zero-order chi connectivity index (χ0) is 13.0. The molecule has 0 bridgehead atoms. The minimum atomic E-state index is 0.113. The number of carbonyl (C=O) groups excluding carboxylic acids is 1. The highest BCUT2D eigenvalue weighted by atomic mass is 16.5. The quantitative estimate of drug-likeness (QED) is 0.710. The van der Waals surface area contributed by atoms with Crippen molar-refractivity contribution >= 4 is 5.78 Å². The number of Topliss-reactive ketones (excluding diaryl/α,β-unsaturated/α-hetero) is 1. The van der Waals surface area contributed by atoms with Gasteiger partial charge in [0.1, 0.15) is 5.78 Å². The van der Waals surface area contributed by atoms with Crippen LogP contribution in [0.5, 0.6) is 0 Å². The Morgan fingerprint density at radius 3 is 2.72 bits per heavy atom. The Labute approximate surface area is 111 Å². The molecule has 1 aliphatic heterocycles. The van der Waals surface area contributed by atoms with Gasteiger partial charge in [0.15, 0.2) is 0 Å². The van der Waals surface area contributed by atoms with Gasteiger partial charge in [-0.15, -0.1) is 0 Å². The predicted octanol–water partition coefficient (Wildman–Crippen LogP) is 4.12. The Kier molecular flexibility index (Phi) is 4.83. The van der Waals surface area contributed by atoms with Crippen molar-refractivity contribution in [1.29, 1.82) is 0 Å². The van der Waals surface area contributed by atoms with Gasteiger partial charge in [0, 0.05) is 18.4 Å². The second-order valence-electron chi connectivity index (χ2n) is 6.22. The molecule has 2 fully saturated rings. The van der Waals surface area contributed by atoms with E-state index in [4.69, 9.17) is 4.74 Å². The van der Waals surface area contributed by atoms with E-state index in [0.717, 1.165) is 32.3 Å². The van der Waals surface area contributed by atoms with Crippen LogP contribution in [-0.4, -0.2) is 18.0 Å². The zero-order valence-electron chi connectivity index (χ0n) is 12.0. The van der Waals surface area contributed by atoms with Gasteiger partial charge in [0.25, 0.3) is 0 Å². The van der Waals surface area contributed by atoms with Crippen LogP contribution in [0.4, 0.5) is 0 Å². The van der Waals surface area contributed by atoms with Gasteiger partial charge in [-0.1, -0.05) is 26.7 Å². The second kappa shape index (κ2) is 6.18. The van der Waals surface area contributed by atoms with Crippen LogP contribution in [0.25, 0.3) is 0 Å². The number of hydrogen-bond acceptors (Lipinski definition) is 2. The molecule has 18 heavy (non-hydrogen) atoms. The maximum atomic E-state index is 12.6. The number of ketones is 1. The summed E-state index contributed by atoms with van der Waals surface area (Å²) >= 11 is 0. The van der Waals surface area contributed by atoms with Gasteiger partial charge < -0.3 is 4.74 Å². The summed E-state index contributed by atoms with van der Waals surface area (Å²) in [4.78, 5) is 12.6. The highest BCUT2D eigenvalue weighted by molar-refractivity contribution is 5.83. The third-order valence-corrected chi connectivity index (χ3v) is 4.96. The van der Waals surface area contributed by atoms with Crippen LogP contribution in [0.1, 0.15) is 71.6 Å². The molecule has 2 nitrogen and oxygen atoms in total. The van der Waals surface area contributed by atoms with Crippen molar-refractivity contribution in [2.75, 3.05) is 6.61 Å². The SMILES string of the molecule is CCCCC(CC)C(=O)C1CCOC2(CCC2)C1. The first-order valence-electron chi connectivity index (χ1n) is 7.88. The number of unbranched alkanes of at least 4 members (excludes halogenated alkanes) is 1. The van der Waals surface area contributed by atoms with Crippen LogP contribution >= 0.6 is 0 Å². The summed E-state index contributed by atoms with van der Waals surface area (Å²) in [6.07, 6.45) is 10.1. The number of hydrogen-bond donors (Lipinski definition) is 0. The van der Waals surface area contributed by atoms with Crippen LogP contribution < -0.4 is 0 Å². The standard InChI is InChI=1S/C16H28O2/c1-3-5-7-13(4-2)15(17)14-8-11-18-16(12-14)9-6-10-16/h13-14H,3-12H2,1-2H3. The fraction of sp³-hybridized carbons (Fsp3) is 0.938. The van der Waals surface area contributed by atoms with Crippen molar-refractivity contribution in [3.63, 3.8) is 0 Å². The Balaban J connectivity index is 1.90. The second-order valence-corrected chi connectivity index (χ2v) is 6.22. The monoisotopic (exact) mass is 252 g/mol. The van der Waals surface area contributed by atoms with Gasteiger partial charge in [-0.3, -0.25) is 4.79 Å². The van der Waals surface area contributed by atoms with Gasteiger partial charge in [-0.05, 0) is 44.9 Å². The first-order chi connectivity index (χ1) is 8.71. The summed E-state index contributed by atoms with van der Waals surface area (Å²) < 4.78 is 5.92. The van der Waals surface area contributed by atoms with Gasteiger partial charge in [-0.2, -0.15) is 0 Å². The molecule has 0 radical (unpaired) electrons. The third-order valence-electron chi connectivity index (χ3n) is 4.96.